The Labute approximate surface area is 86.6 Å². The normalized spacial score (nSPS) is 10.8. The van der Waals surface area contributed by atoms with Crippen molar-refractivity contribution in [3.05, 3.63) is 29.8 Å². The molecule has 0 aromatic heterocycles. The van der Waals surface area contributed by atoms with Crippen molar-refractivity contribution in [2.75, 3.05) is 25.2 Å². The predicted molar refractivity (Wildman–Crippen MR) is 52.7 cm³/mol. The summed E-state index contributed by atoms with van der Waals surface area (Å²) in [5.41, 5.74) is 0.0168. The highest BCUT2D eigenvalue weighted by molar-refractivity contribution is 5.48. The van der Waals surface area contributed by atoms with Crippen molar-refractivity contribution in [1.29, 1.82) is 0 Å². The fraction of sp³-hybridized carbons (Fsp3) is 0.400. The minimum absolute atomic E-state index is 0.0168. The Bertz CT molecular complexity index is 329. The molecule has 2 N–H and O–H groups in total. The van der Waals surface area contributed by atoms with Crippen molar-refractivity contribution in [2.24, 2.45) is 0 Å². The van der Waals surface area contributed by atoms with Crippen LogP contribution in [0.2, 0.25) is 0 Å². The smallest absolute Gasteiger partial charge is 0.146 e. The molecular formula is C10H13F2NO2. The molecule has 0 aliphatic heterocycles. The monoisotopic (exact) mass is 217 g/mol. The zero-order chi connectivity index (χ0) is 11.4. The fourth-order valence-electron chi connectivity index (χ4n) is 1.26. The first kappa shape index (κ1) is 11.9. The van der Waals surface area contributed by atoms with Crippen molar-refractivity contribution < 1.29 is 19.0 Å². The standard InChI is InChI=1S/C10H13F2NO2/c1-13(8(5-14)6-15)10-4-7(11)2-3-9(10)12/h2-4,8,14-15H,5-6H2,1H3. The molecule has 15 heavy (non-hydrogen) atoms. The summed E-state index contributed by atoms with van der Waals surface area (Å²) in [6.07, 6.45) is 0. The van der Waals surface area contributed by atoms with E-state index >= 15 is 0 Å². The SMILES string of the molecule is CN(c1cc(F)ccc1F)C(CO)CO. The molecule has 0 aliphatic rings. The minimum Gasteiger partial charge on any atom is -0.394 e. The van der Waals surface area contributed by atoms with E-state index in [-0.39, 0.29) is 18.9 Å². The first-order valence-corrected chi connectivity index (χ1v) is 4.49. The van der Waals surface area contributed by atoms with Crippen LogP contribution in [0.1, 0.15) is 0 Å². The molecule has 0 amide bonds. The lowest BCUT2D eigenvalue weighted by atomic mass is 10.2. The quantitative estimate of drug-likeness (QED) is 0.782. The Morgan fingerprint density at radius 3 is 2.40 bits per heavy atom. The molecule has 0 radical (unpaired) electrons. The molecule has 1 aromatic rings. The summed E-state index contributed by atoms with van der Waals surface area (Å²) in [7, 11) is 1.48. The summed E-state index contributed by atoms with van der Waals surface area (Å²) in [5, 5.41) is 17.8. The zero-order valence-corrected chi connectivity index (χ0v) is 8.32. The molecule has 0 bridgehead atoms. The molecule has 0 aliphatic carbocycles. The number of halogens is 2. The van der Waals surface area contributed by atoms with E-state index in [9.17, 15) is 8.78 Å². The number of nitrogens with zero attached hydrogens (tertiary/aromatic N) is 1. The maximum atomic E-state index is 13.3. The van der Waals surface area contributed by atoms with E-state index in [1.807, 2.05) is 0 Å². The van der Waals surface area contributed by atoms with Crippen molar-refractivity contribution in [1.82, 2.24) is 0 Å². The van der Waals surface area contributed by atoms with Crippen LogP contribution in [-0.2, 0) is 0 Å². The highest BCUT2D eigenvalue weighted by Gasteiger charge is 2.16. The second-order valence-electron chi connectivity index (χ2n) is 3.23. The van der Waals surface area contributed by atoms with Crippen LogP contribution >= 0.6 is 0 Å². The number of benzene rings is 1. The molecule has 1 rings (SSSR count). The second-order valence-corrected chi connectivity index (χ2v) is 3.23. The van der Waals surface area contributed by atoms with Gasteiger partial charge in [0.1, 0.15) is 11.6 Å². The van der Waals surface area contributed by atoms with Crippen molar-refractivity contribution in [2.45, 2.75) is 6.04 Å². The van der Waals surface area contributed by atoms with Gasteiger partial charge in [0.15, 0.2) is 0 Å². The van der Waals surface area contributed by atoms with Crippen LogP contribution in [-0.4, -0.2) is 36.5 Å². The Morgan fingerprint density at radius 1 is 1.27 bits per heavy atom. The number of hydrogen-bond acceptors (Lipinski definition) is 3. The van der Waals surface area contributed by atoms with Crippen LogP contribution in [0, 0.1) is 11.6 Å². The van der Waals surface area contributed by atoms with Gasteiger partial charge in [0.05, 0.1) is 24.9 Å². The molecule has 0 heterocycles. The lowest BCUT2D eigenvalue weighted by Crippen LogP contribution is -2.38. The Morgan fingerprint density at radius 2 is 1.87 bits per heavy atom. The molecule has 0 spiro atoms. The molecule has 0 fully saturated rings. The zero-order valence-electron chi connectivity index (χ0n) is 8.32. The lowest BCUT2D eigenvalue weighted by Gasteiger charge is -2.27. The predicted octanol–water partition coefficient (Wildman–Crippen LogP) is 0.754. The molecule has 0 unspecified atom stereocenters. The number of aliphatic hydroxyl groups is 2. The molecular weight excluding hydrogens is 204 g/mol. The van der Waals surface area contributed by atoms with E-state index < -0.39 is 17.7 Å². The number of likely N-dealkylation sites (N-methyl/N-ethyl adjacent to an activating group) is 1. The van der Waals surface area contributed by atoms with E-state index in [1.165, 1.54) is 11.9 Å². The van der Waals surface area contributed by atoms with Gasteiger partial charge in [0, 0.05) is 13.1 Å². The number of anilines is 1. The second kappa shape index (κ2) is 5.04. The average molecular weight is 217 g/mol. The summed E-state index contributed by atoms with van der Waals surface area (Å²) in [4.78, 5) is 1.30. The molecule has 0 saturated carbocycles. The Kier molecular flexibility index (Phi) is 3.99. The van der Waals surface area contributed by atoms with Gasteiger partial charge >= 0.3 is 0 Å². The lowest BCUT2D eigenvalue weighted by molar-refractivity contribution is 0.190. The highest BCUT2D eigenvalue weighted by Crippen LogP contribution is 2.20. The topological polar surface area (TPSA) is 43.7 Å². The van der Waals surface area contributed by atoms with Crippen LogP contribution < -0.4 is 4.90 Å². The van der Waals surface area contributed by atoms with Crippen molar-refractivity contribution in [3.8, 4) is 0 Å². The van der Waals surface area contributed by atoms with Gasteiger partial charge in [0.25, 0.3) is 0 Å². The molecule has 84 valence electrons. The van der Waals surface area contributed by atoms with Gasteiger partial charge in [-0.25, -0.2) is 8.78 Å². The third-order valence-electron chi connectivity index (χ3n) is 2.26. The first-order chi connectivity index (χ1) is 7.10. The van der Waals surface area contributed by atoms with Gasteiger partial charge in [-0.2, -0.15) is 0 Å². The molecule has 0 saturated heterocycles. The fourth-order valence-corrected chi connectivity index (χ4v) is 1.26. The molecule has 5 heteroatoms. The summed E-state index contributed by atoms with van der Waals surface area (Å²) in [5.74, 6) is -1.15. The van der Waals surface area contributed by atoms with Crippen molar-refractivity contribution in [3.63, 3.8) is 0 Å². The third-order valence-corrected chi connectivity index (χ3v) is 2.26. The number of aliphatic hydroxyl groups excluding tert-OH is 2. The van der Waals surface area contributed by atoms with Gasteiger partial charge in [-0.1, -0.05) is 0 Å². The number of rotatable bonds is 4. The van der Waals surface area contributed by atoms with Crippen LogP contribution in [0.25, 0.3) is 0 Å². The summed E-state index contributed by atoms with van der Waals surface area (Å²) in [6.45, 7) is -0.661. The highest BCUT2D eigenvalue weighted by atomic mass is 19.1. The Hall–Kier alpha value is -1.20. The average Bonchev–Trinajstić information content (AvgIpc) is 2.23. The maximum Gasteiger partial charge on any atom is 0.146 e. The Balaban J connectivity index is 2.98. The van der Waals surface area contributed by atoms with Crippen LogP contribution in [0.4, 0.5) is 14.5 Å². The first-order valence-electron chi connectivity index (χ1n) is 4.49. The van der Waals surface area contributed by atoms with E-state index in [2.05, 4.69) is 0 Å². The van der Waals surface area contributed by atoms with Gasteiger partial charge < -0.3 is 15.1 Å². The maximum absolute atomic E-state index is 13.3. The van der Waals surface area contributed by atoms with Crippen LogP contribution in [0.15, 0.2) is 18.2 Å². The van der Waals surface area contributed by atoms with E-state index in [4.69, 9.17) is 10.2 Å². The largest absolute Gasteiger partial charge is 0.394 e. The van der Waals surface area contributed by atoms with E-state index in [0.717, 1.165) is 18.2 Å². The minimum atomic E-state index is -0.638. The van der Waals surface area contributed by atoms with Gasteiger partial charge in [-0.15, -0.1) is 0 Å². The molecule has 0 atom stereocenters. The van der Waals surface area contributed by atoms with Gasteiger partial charge in [-0.3, -0.25) is 0 Å². The molecule has 3 nitrogen and oxygen atoms in total. The summed E-state index contributed by atoms with van der Waals surface area (Å²) in [6, 6.07) is 2.40. The molecule has 1 aromatic carbocycles. The number of hydrogen-bond donors (Lipinski definition) is 2. The van der Waals surface area contributed by atoms with Crippen LogP contribution in [0.5, 0.6) is 0 Å². The third kappa shape index (κ3) is 2.64. The van der Waals surface area contributed by atoms with Crippen molar-refractivity contribution >= 4 is 5.69 Å². The van der Waals surface area contributed by atoms with Gasteiger partial charge in [-0.05, 0) is 12.1 Å². The van der Waals surface area contributed by atoms with E-state index in [0.29, 0.717) is 0 Å². The van der Waals surface area contributed by atoms with Gasteiger partial charge in [0.2, 0.25) is 0 Å². The summed E-state index contributed by atoms with van der Waals surface area (Å²) >= 11 is 0. The summed E-state index contributed by atoms with van der Waals surface area (Å²) < 4.78 is 26.1. The van der Waals surface area contributed by atoms with E-state index in [1.54, 1.807) is 0 Å². The van der Waals surface area contributed by atoms with Crippen LogP contribution in [0.3, 0.4) is 0 Å².